The minimum absolute atomic E-state index is 0.497. The molecule has 6 nitrogen and oxygen atoms in total. The van der Waals surface area contributed by atoms with E-state index in [1.54, 1.807) is 30.0 Å². The van der Waals surface area contributed by atoms with Crippen molar-refractivity contribution in [2.24, 2.45) is 0 Å². The lowest BCUT2D eigenvalue weighted by Gasteiger charge is -2.10. The molecule has 0 aliphatic carbocycles. The summed E-state index contributed by atoms with van der Waals surface area (Å²) in [4.78, 5) is 0. The molecule has 106 valence electrons. The summed E-state index contributed by atoms with van der Waals surface area (Å²) in [5.41, 5.74) is 7.78. The van der Waals surface area contributed by atoms with Gasteiger partial charge in [-0.25, -0.2) is 0 Å². The number of halogens is 1. The van der Waals surface area contributed by atoms with Gasteiger partial charge in [0.25, 0.3) is 0 Å². The summed E-state index contributed by atoms with van der Waals surface area (Å²) in [6.07, 6.45) is 0. The first kappa shape index (κ1) is 13.4. The van der Waals surface area contributed by atoms with Crippen LogP contribution in [0.3, 0.4) is 0 Å². The van der Waals surface area contributed by atoms with E-state index < -0.39 is 0 Å². The Kier molecular flexibility index (Phi) is 3.45. The number of ether oxygens (including phenoxy) is 1. The molecule has 0 saturated carbocycles. The van der Waals surface area contributed by atoms with Gasteiger partial charge in [0.1, 0.15) is 11.4 Å². The zero-order chi connectivity index (χ0) is 14.8. The number of nitrogens with zero attached hydrogens (tertiary/aromatic N) is 4. The van der Waals surface area contributed by atoms with Crippen molar-refractivity contribution < 1.29 is 4.74 Å². The monoisotopic (exact) mass is 301 g/mol. The largest absolute Gasteiger partial charge is 0.494 e. The molecule has 7 heteroatoms. The lowest BCUT2D eigenvalue weighted by Crippen LogP contribution is -2.03. The summed E-state index contributed by atoms with van der Waals surface area (Å²) in [5, 5.41) is 12.3. The van der Waals surface area contributed by atoms with Crippen molar-refractivity contribution in [3.63, 3.8) is 0 Å². The molecule has 0 spiro atoms. The van der Waals surface area contributed by atoms with Crippen molar-refractivity contribution in [3.05, 3.63) is 47.5 Å². The van der Waals surface area contributed by atoms with Crippen molar-refractivity contribution in [1.29, 1.82) is 0 Å². The SMILES string of the molecule is COc1ccccc1-n1nnnc1-c1cc(N)ccc1Cl. The molecule has 1 aromatic heterocycles. The lowest BCUT2D eigenvalue weighted by atomic mass is 10.2. The maximum absolute atomic E-state index is 6.23. The van der Waals surface area contributed by atoms with Crippen LogP contribution in [0.4, 0.5) is 5.69 Å². The summed E-state index contributed by atoms with van der Waals surface area (Å²) in [7, 11) is 1.59. The predicted molar refractivity (Wildman–Crippen MR) is 80.6 cm³/mol. The molecule has 0 fully saturated rings. The molecule has 2 N–H and O–H groups in total. The third-order valence-corrected chi connectivity index (χ3v) is 3.34. The van der Waals surface area contributed by atoms with Crippen LogP contribution in [0, 0.1) is 0 Å². The van der Waals surface area contributed by atoms with Gasteiger partial charge in [0.2, 0.25) is 0 Å². The highest BCUT2D eigenvalue weighted by molar-refractivity contribution is 6.33. The van der Waals surface area contributed by atoms with Crippen LogP contribution < -0.4 is 10.5 Å². The Morgan fingerprint density at radius 1 is 1.19 bits per heavy atom. The number of rotatable bonds is 3. The highest BCUT2D eigenvalue weighted by Gasteiger charge is 2.16. The number of benzene rings is 2. The molecule has 0 amide bonds. The normalized spacial score (nSPS) is 10.6. The van der Waals surface area contributed by atoms with E-state index in [0.29, 0.717) is 27.8 Å². The van der Waals surface area contributed by atoms with Crippen LogP contribution in [0.5, 0.6) is 5.75 Å². The third-order valence-electron chi connectivity index (χ3n) is 3.01. The van der Waals surface area contributed by atoms with Gasteiger partial charge in [0, 0.05) is 11.3 Å². The summed E-state index contributed by atoms with van der Waals surface area (Å²) in [5.74, 6) is 1.16. The molecule has 0 radical (unpaired) electrons. The minimum atomic E-state index is 0.497. The Morgan fingerprint density at radius 2 is 2.00 bits per heavy atom. The summed E-state index contributed by atoms with van der Waals surface area (Å²) >= 11 is 6.23. The number of hydrogen-bond acceptors (Lipinski definition) is 5. The van der Waals surface area contributed by atoms with E-state index >= 15 is 0 Å². The first-order valence-corrected chi connectivity index (χ1v) is 6.55. The van der Waals surface area contributed by atoms with E-state index in [4.69, 9.17) is 22.1 Å². The molecule has 2 aromatic carbocycles. The third kappa shape index (κ3) is 2.41. The fourth-order valence-electron chi connectivity index (χ4n) is 2.04. The number of para-hydroxylation sites is 2. The number of methoxy groups -OCH3 is 1. The van der Waals surface area contributed by atoms with E-state index in [2.05, 4.69) is 15.5 Å². The molecule has 0 unspecified atom stereocenters. The van der Waals surface area contributed by atoms with Crippen LogP contribution in [0.2, 0.25) is 5.02 Å². The molecule has 21 heavy (non-hydrogen) atoms. The van der Waals surface area contributed by atoms with E-state index in [1.165, 1.54) is 0 Å². The quantitative estimate of drug-likeness (QED) is 0.752. The zero-order valence-corrected chi connectivity index (χ0v) is 11.9. The summed E-state index contributed by atoms with van der Waals surface area (Å²) in [6, 6.07) is 12.6. The van der Waals surface area contributed by atoms with Gasteiger partial charge in [-0.1, -0.05) is 23.7 Å². The number of nitrogen functional groups attached to an aromatic ring is 1. The number of tetrazole rings is 1. The molecule has 1 heterocycles. The van der Waals surface area contributed by atoms with Crippen LogP contribution in [0.25, 0.3) is 17.1 Å². The fourth-order valence-corrected chi connectivity index (χ4v) is 2.24. The Hall–Kier alpha value is -2.60. The fraction of sp³-hybridized carbons (Fsp3) is 0.0714. The predicted octanol–water partition coefficient (Wildman–Crippen LogP) is 2.57. The molecule has 0 aliphatic heterocycles. The Morgan fingerprint density at radius 3 is 2.81 bits per heavy atom. The van der Waals surface area contributed by atoms with Crippen molar-refractivity contribution in [3.8, 4) is 22.8 Å². The summed E-state index contributed by atoms with van der Waals surface area (Å²) in [6.45, 7) is 0. The molecule has 0 saturated heterocycles. The maximum atomic E-state index is 6.23. The second-order valence-corrected chi connectivity index (χ2v) is 4.73. The van der Waals surface area contributed by atoms with Gasteiger partial charge in [-0.3, -0.25) is 0 Å². The minimum Gasteiger partial charge on any atom is -0.494 e. The van der Waals surface area contributed by atoms with E-state index in [0.717, 1.165) is 5.69 Å². The first-order valence-electron chi connectivity index (χ1n) is 6.18. The van der Waals surface area contributed by atoms with Gasteiger partial charge in [-0.2, -0.15) is 4.68 Å². The van der Waals surface area contributed by atoms with Crippen LogP contribution in [0.1, 0.15) is 0 Å². The number of anilines is 1. The molecule has 0 atom stereocenters. The van der Waals surface area contributed by atoms with Crippen molar-refractivity contribution in [1.82, 2.24) is 20.2 Å². The van der Waals surface area contributed by atoms with Gasteiger partial charge in [-0.15, -0.1) is 5.10 Å². The molecular formula is C14H12ClN5O. The standard InChI is InChI=1S/C14H12ClN5O/c1-21-13-5-3-2-4-12(13)20-14(17-18-19-20)10-8-9(16)6-7-11(10)15/h2-8H,16H2,1H3. The Bertz CT molecular complexity index is 787. The lowest BCUT2D eigenvalue weighted by molar-refractivity contribution is 0.411. The van der Waals surface area contributed by atoms with E-state index in [9.17, 15) is 0 Å². The highest BCUT2D eigenvalue weighted by atomic mass is 35.5. The highest BCUT2D eigenvalue weighted by Crippen LogP contribution is 2.31. The van der Waals surface area contributed by atoms with Crippen molar-refractivity contribution in [2.45, 2.75) is 0 Å². The molecule has 0 aliphatic rings. The van der Waals surface area contributed by atoms with Gasteiger partial charge < -0.3 is 10.5 Å². The van der Waals surface area contributed by atoms with Gasteiger partial charge in [0.15, 0.2) is 5.82 Å². The van der Waals surface area contributed by atoms with E-state index in [1.807, 2.05) is 24.3 Å². The molecule has 3 rings (SSSR count). The second kappa shape index (κ2) is 5.41. The van der Waals surface area contributed by atoms with Crippen LogP contribution >= 0.6 is 11.6 Å². The van der Waals surface area contributed by atoms with Crippen molar-refractivity contribution >= 4 is 17.3 Å². The molecule has 0 bridgehead atoms. The molecule has 3 aromatic rings. The van der Waals surface area contributed by atoms with Crippen LogP contribution in [-0.4, -0.2) is 27.3 Å². The van der Waals surface area contributed by atoms with E-state index in [-0.39, 0.29) is 0 Å². The van der Waals surface area contributed by atoms with Gasteiger partial charge >= 0.3 is 0 Å². The first-order chi connectivity index (χ1) is 10.2. The second-order valence-electron chi connectivity index (χ2n) is 4.33. The van der Waals surface area contributed by atoms with Gasteiger partial charge in [-0.05, 0) is 40.8 Å². The molecular weight excluding hydrogens is 290 g/mol. The van der Waals surface area contributed by atoms with Gasteiger partial charge in [0.05, 0.1) is 12.1 Å². The van der Waals surface area contributed by atoms with Crippen LogP contribution in [0.15, 0.2) is 42.5 Å². The number of hydrogen-bond donors (Lipinski definition) is 1. The van der Waals surface area contributed by atoms with Crippen LogP contribution in [-0.2, 0) is 0 Å². The zero-order valence-electron chi connectivity index (χ0n) is 11.2. The number of aromatic nitrogens is 4. The Labute approximate surface area is 126 Å². The Balaban J connectivity index is 2.20. The maximum Gasteiger partial charge on any atom is 0.188 e. The smallest absolute Gasteiger partial charge is 0.188 e. The average Bonchev–Trinajstić information content (AvgIpc) is 2.98. The summed E-state index contributed by atoms with van der Waals surface area (Å²) < 4.78 is 6.91. The number of nitrogens with two attached hydrogens (primary N) is 1. The topological polar surface area (TPSA) is 78.8 Å². The van der Waals surface area contributed by atoms with Crippen molar-refractivity contribution in [2.75, 3.05) is 12.8 Å². The average molecular weight is 302 g/mol.